The Morgan fingerprint density at radius 1 is 0.963 bits per heavy atom. The van der Waals surface area contributed by atoms with Crippen molar-refractivity contribution in [1.29, 1.82) is 0 Å². The van der Waals surface area contributed by atoms with E-state index in [0.717, 1.165) is 68.3 Å². The van der Waals surface area contributed by atoms with Crippen molar-refractivity contribution in [2.75, 3.05) is 46.9 Å². The van der Waals surface area contributed by atoms with Crippen LogP contribution in [0.5, 0.6) is 11.5 Å². The second kappa shape index (κ2) is 9.48. The van der Waals surface area contributed by atoms with Crippen LogP contribution in [0, 0.1) is 0 Å². The van der Waals surface area contributed by atoms with Crippen LogP contribution in [0.1, 0.15) is 12.0 Å². The van der Waals surface area contributed by atoms with E-state index in [9.17, 15) is 5.11 Å². The Morgan fingerprint density at radius 2 is 1.63 bits per heavy atom. The van der Waals surface area contributed by atoms with Crippen molar-refractivity contribution in [3.63, 3.8) is 0 Å². The fourth-order valence-electron chi connectivity index (χ4n) is 3.16. The number of nitrogens with zero attached hydrogens (tertiary/aromatic N) is 4. The van der Waals surface area contributed by atoms with E-state index in [2.05, 4.69) is 27.1 Å². The molecule has 6 nitrogen and oxygen atoms in total. The summed E-state index contributed by atoms with van der Waals surface area (Å²) in [7, 11) is 3.81. The lowest BCUT2D eigenvalue weighted by Gasteiger charge is -2.32. The molecule has 1 aliphatic heterocycles. The van der Waals surface area contributed by atoms with Crippen LogP contribution in [0.25, 0.3) is 0 Å². The number of phenols is 1. The number of hydrogen-bond donors (Lipinski definition) is 1. The topological polar surface area (TPSA) is 60.7 Å². The van der Waals surface area contributed by atoms with Crippen molar-refractivity contribution < 1.29 is 9.84 Å². The number of likely N-dealkylation sites (N-methyl/N-ethyl adjacent to an activating group) is 1. The Bertz CT molecular complexity index is 753. The third-order valence-electron chi connectivity index (χ3n) is 4.93. The lowest BCUT2D eigenvalue weighted by Crippen LogP contribution is -2.44. The fraction of sp³-hybridized carbons (Fsp3) is 0.429. The monoisotopic (exact) mass is 368 g/mol. The highest BCUT2D eigenvalue weighted by molar-refractivity contribution is 5.47. The van der Waals surface area contributed by atoms with E-state index < -0.39 is 0 Å². The minimum Gasteiger partial charge on any atom is -0.508 e. The highest BCUT2D eigenvalue weighted by Gasteiger charge is 2.13. The summed E-state index contributed by atoms with van der Waals surface area (Å²) in [6.07, 6.45) is 1.86. The number of hydrogen-bond acceptors (Lipinski definition) is 6. The minimum absolute atomic E-state index is 0.330. The van der Waals surface area contributed by atoms with Gasteiger partial charge in [0, 0.05) is 26.2 Å². The number of phenolic OH excluding ortho intramolecular Hbond substituents is 1. The van der Waals surface area contributed by atoms with E-state index >= 15 is 0 Å². The van der Waals surface area contributed by atoms with Gasteiger partial charge in [-0.3, -0.25) is 0 Å². The summed E-state index contributed by atoms with van der Waals surface area (Å²) in [5.74, 6) is 1.12. The summed E-state index contributed by atoms with van der Waals surface area (Å²) in [5, 5.41) is 18.7. The number of aryl methyl sites for hydroxylation is 1. The molecule has 0 atom stereocenters. The van der Waals surface area contributed by atoms with Crippen molar-refractivity contribution in [3.05, 3.63) is 48.0 Å². The maximum atomic E-state index is 10.1. The van der Waals surface area contributed by atoms with Crippen molar-refractivity contribution in [3.8, 4) is 11.5 Å². The van der Waals surface area contributed by atoms with Crippen molar-refractivity contribution in [1.82, 2.24) is 9.80 Å². The van der Waals surface area contributed by atoms with Crippen LogP contribution >= 0.6 is 0 Å². The van der Waals surface area contributed by atoms with E-state index in [1.165, 1.54) is 0 Å². The van der Waals surface area contributed by atoms with Crippen LogP contribution in [0.3, 0.4) is 0 Å². The molecule has 2 aromatic rings. The van der Waals surface area contributed by atoms with Crippen molar-refractivity contribution >= 4 is 11.4 Å². The van der Waals surface area contributed by atoms with Gasteiger partial charge < -0.3 is 19.6 Å². The number of aromatic hydroxyl groups is 1. The molecular weight excluding hydrogens is 340 g/mol. The molecule has 1 N–H and O–H groups in total. The van der Waals surface area contributed by atoms with Crippen molar-refractivity contribution in [2.45, 2.75) is 12.8 Å². The van der Waals surface area contributed by atoms with E-state index in [-0.39, 0.29) is 0 Å². The third kappa shape index (κ3) is 5.77. The second-order valence-corrected chi connectivity index (χ2v) is 6.96. The number of rotatable bonds is 7. The average molecular weight is 368 g/mol. The molecule has 3 rings (SSSR count). The van der Waals surface area contributed by atoms with Gasteiger partial charge in [-0.1, -0.05) is 0 Å². The summed E-state index contributed by atoms with van der Waals surface area (Å²) in [4.78, 5) is 4.85. The number of piperazine rings is 1. The summed E-state index contributed by atoms with van der Waals surface area (Å²) in [6.45, 7) is 5.57. The predicted molar refractivity (Wildman–Crippen MR) is 108 cm³/mol. The first-order chi connectivity index (χ1) is 13.1. The Labute approximate surface area is 161 Å². The lowest BCUT2D eigenvalue weighted by atomic mass is 10.1. The Balaban J connectivity index is 1.55. The molecule has 0 amide bonds. The van der Waals surface area contributed by atoms with E-state index in [1.807, 2.05) is 30.3 Å². The normalized spacial score (nSPS) is 16.1. The molecule has 0 bridgehead atoms. The van der Waals surface area contributed by atoms with Gasteiger partial charge in [-0.2, -0.15) is 10.2 Å². The van der Waals surface area contributed by atoms with E-state index in [1.54, 1.807) is 19.2 Å². The van der Waals surface area contributed by atoms with E-state index in [0.29, 0.717) is 5.75 Å². The quantitative estimate of drug-likeness (QED) is 0.751. The largest absolute Gasteiger partial charge is 0.508 e. The molecule has 0 aromatic heterocycles. The van der Waals surface area contributed by atoms with E-state index in [4.69, 9.17) is 4.74 Å². The number of azo groups is 1. The molecule has 1 heterocycles. The molecule has 0 radical (unpaired) electrons. The molecule has 2 aromatic carbocycles. The van der Waals surface area contributed by atoms with Crippen molar-refractivity contribution in [2.24, 2.45) is 10.2 Å². The Hall–Kier alpha value is -2.44. The number of methoxy groups -OCH3 is 1. The molecule has 0 saturated carbocycles. The molecule has 0 spiro atoms. The molecule has 1 saturated heterocycles. The maximum absolute atomic E-state index is 10.1. The zero-order valence-electron chi connectivity index (χ0n) is 16.1. The lowest BCUT2D eigenvalue weighted by molar-refractivity contribution is 0.153. The van der Waals surface area contributed by atoms with Gasteiger partial charge >= 0.3 is 0 Å². The number of ether oxygens (including phenoxy) is 1. The van der Waals surface area contributed by atoms with Gasteiger partial charge in [0.25, 0.3) is 0 Å². The molecule has 1 fully saturated rings. The van der Waals surface area contributed by atoms with Gasteiger partial charge in [0.1, 0.15) is 11.5 Å². The molecule has 0 unspecified atom stereocenters. The van der Waals surface area contributed by atoms with Crippen LogP contribution in [0.15, 0.2) is 52.7 Å². The van der Waals surface area contributed by atoms with Gasteiger partial charge in [0.15, 0.2) is 0 Å². The fourth-order valence-corrected chi connectivity index (χ4v) is 3.16. The molecule has 27 heavy (non-hydrogen) atoms. The molecular formula is C21H28N4O2. The van der Waals surface area contributed by atoms with Gasteiger partial charge in [-0.15, -0.1) is 0 Å². The smallest absolute Gasteiger partial charge is 0.119 e. The van der Waals surface area contributed by atoms with Gasteiger partial charge in [0.05, 0.1) is 18.5 Å². The highest BCUT2D eigenvalue weighted by atomic mass is 16.5. The molecule has 0 aliphatic carbocycles. The molecule has 1 aliphatic rings. The zero-order chi connectivity index (χ0) is 19.1. The van der Waals surface area contributed by atoms with Crippen LogP contribution in [-0.2, 0) is 6.42 Å². The highest BCUT2D eigenvalue weighted by Crippen LogP contribution is 2.26. The first kappa shape index (κ1) is 19.3. The zero-order valence-corrected chi connectivity index (χ0v) is 16.1. The maximum Gasteiger partial charge on any atom is 0.119 e. The minimum atomic E-state index is 0.330. The van der Waals surface area contributed by atoms with Gasteiger partial charge in [-0.25, -0.2) is 0 Å². The summed E-state index contributed by atoms with van der Waals surface area (Å²) in [5.41, 5.74) is 2.44. The van der Waals surface area contributed by atoms with Gasteiger partial charge in [0.2, 0.25) is 0 Å². The molecule has 6 heteroatoms. The summed E-state index contributed by atoms with van der Waals surface area (Å²) in [6, 6.07) is 12.8. The Kier molecular flexibility index (Phi) is 6.79. The molecule has 144 valence electrons. The van der Waals surface area contributed by atoms with Gasteiger partial charge in [-0.05, 0) is 74.5 Å². The van der Waals surface area contributed by atoms with Crippen LogP contribution in [0.2, 0.25) is 0 Å². The predicted octanol–water partition coefficient (Wildman–Crippen LogP) is 4.00. The first-order valence-electron chi connectivity index (χ1n) is 9.42. The Morgan fingerprint density at radius 3 is 2.33 bits per heavy atom. The van der Waals surface area contributed by atoms with Crippen LogP contribution in [-0.4, -0.2) is 61.8 Å². The SMILES string of the molecule is COc1ccc(N=Nc2ccc(O)c(CCCN3CCN(C)CC3)c2)cc1. The summed E-state index contributed by atoms with van der Waals surface area (Å²) < 4.78 is 5.14. The second-order valence-electron chi connectivity index (χ2n) is 6.96. The first-order valence-corrected chi connectivity index (χ1v) is 9.42. The third-order valence-corrected chi connectivity index (χ3v) is 4.93. The standard InChI is InChI=1S/C21H28N4O2/c1-24-12-14-25(15-13-24)11-3-4-17-16-19(7-10-21(17)26)23-22-18-5-8-20(27-2)9-6-18/h5-10,16,26H,3-4,11-15H2,1-2H3. The summed E-state index contributed by atoms with van der Waals surface area (Å²) >= 11 is 0. The van der Waals surface area contributed by atoms with Crippen LogP contribution in [0.4, 0.5) is 11.4 Å². The van der Waals surface area contributed by atoms with Crippen LogP contribution < -0.4 is 4.74 Å². The number of benzene rings is 2. The average Bonchev–Trinajstić information content (AvgIpc) is 2.70.